The van der Waals surface area contributed by atoms with Crippen LogP contribution >= 0.6 is 15.9 Å². The van der Waals surface area contributed by atoms with Gasteiger partial charge in [-0.15, -0.1) is 0 Å². The minimum Gasteiger partial charge on any atom is -0.490 e. The molecule has 0 heterocycles. The molecule has 0 unspecified atom stereocenters. The molecule has 98 valence electrons. The third-order valence-corrected chi connectivity index (χ3v) is 3.98. The summed E-state index contributed by atoms with van der Waals surface area (Å²) in [5.41, 5.74) is 6.26. The standard InChI is InChI=1S/C14H19BrN2O/c1-9-2-5-11(6-3-9)18-13-8-10(15)4-7-12(13)14(16)17/h4,7-9,11H,2-3,5-6H2,1H3,(H3,16,17). The van der Waals surface area contributed by atoms with E-state index in [-0.39, 0.29) is 11.9 Å². The quantitative estimate of drug-likeness (QED) is 0.660. The Bertz CT molecular complexity index is 439. The molecule has 3 nitrogen and oxygen atoms in total. The van der Waals surface area contributed by atoms with Crippen LogP contribution in [0.2, 0.25) is 0 Å². The molecule has 0 saturated heterocycles. The first-order chi connectivity index (χ1) is 8.56. The molecule has 1 aliphatic carbocycles. The third kappa shape index (κ3) is 3.25. The van der Waals surface area contributed by atoms with Gasteiger partial charge in [0.2, 0.25) is 0 Å². The second-order valence-corrected chi connectivity index (χ2v) is 5.97. The summed E-state index contributed by atoms with van der Waals surface area (Å²) in [7, 11) is 0. The van der Waals surface area contributed by atoms with Crippen LogP contribution in [0.15, 0.2) is 22.7 Å². The number of hydrogen-bond acceptors (Lipinski definition) is 2. The molecule has 0 radical (unpaired) electrons. The maximum atomic E-state index is 7.58. The second-order valence-electron chi connectivity index (χ2n) is 5.05. The SMILES string of the molecule is CC1CCC(Oc2cc(Br)ccc2C(=N)N)CC1. The number of hydrogen-bond donors (Lipinski definition) is 2. The van der Waals surface area contributed by atoms with Gasteiger partial charge in [0.1, 0.15) is 11.6 Å². The van der Waals surface area contributed by atoms with E-state index in [9.17, 15) is 0 Å². The van der Waals surface area contributed by atoms with Crippen molar-refractivity contribution in [2.24, 2.45) is 11.7 Å². The van der Waals surface area contributed by atoms with Gasteiger partial charge in [-0.05, 0) is 49.8 Å². The van der Waals surface area contributed by atoms with Crippen LogP contribution in [0.1, 0.15) is 38.2 Å². The molecule has 0 aliphatic heterocycles. The van der Waals surface area contributed by atoms with Gasteiger partial charge in [-0.1, -0.05) is 22.9 Å². The summed E-state index contributed by atoms with van der Waals surface area (Å²) in [6.07, 6.45) is 4.87. The summed E-state index contributed by atoms with van der Waals surface area (Å²) in [5.74, 6) is 1.58. The van der Waals surface area contributed by atoms with Gasteiger partial charge in [0.15, 0.2) is 0 Å². The minimum atomic E-state index is 0.0571. The minimum absolute atomic E-state index is 0.0571. The number of amidine groups is 1. The summed E-state index contributed by atoms with van der Waals surface area (Å²) in [5, 5.41) is 7.58. The van der Waals surface area contributed by atoms with Crippen molar-refractivity contribution in [2.75, 3.05) is 0 Å². The lowest BCUT2D eigenvalue weighted by molar-refractivity contribution is 0.135. The van der Waals surface area contributed by atoms with Crippen molar-refractivity contribution in [3.63, 3.8) is 0 Å². The highest BCUT2D eigenvalue weighted by Gasteiger charge is 2.21. The molecule has 1 aromatic carbocycles. The highest BCUT2D eigenvalue weighted by molar-refractivity contribution is 9.10. The molecule has 0 bridgehead atoms. The molecule has 1 aromatic rings. The second kappa shape index (κ2) is 5.74. The zero-order chi connectivity index (χ0) is 13.1. The highest BCUT2D eigenvalue weighted by Crippen LogP contribution is 2.30. The van der Waals surface area contributed by atoms with E-state index in [1.54, 1.807) is 0 Å². The van der Waals surface area contributed by atoms with Crippen LogP contribution < -0.4 is 10.5 Å². The van der Waals surface area contributed by atoms with Gasteiger partial charge < -0.3 is 10.5 Å². The van der Waals surface area contributed by atoms with E-state index in [2.05, 4.69) is 22.9 Å². The predicted octanol–water partition coefficient (Wildman–Crippen LogP) is 3.69. The number of nitrogen functional groups attached to an aromatic ring is 1. The van der Waals surface area contributed by atoms with E-state index in [0.717, 1.165) is 29.0 Å². The monoisotopic (exact) mass is 310 g/mol. The summed E-state index contributed by atoms with van der Waals surface area (Å²) in [6.45, 7) is 2.29. The Balaban J connectivity index is 2.12. The molecule has 0 atom stereocenters. The molecule has 2 rings (SSSR count). The predicted molar refractivity (Wildman–Crippen MR) is 77.2 cm³/mol. The van der Waals surface area contributed by atoms with E-state index in [1.807, 2.05) is 18.2 Å². The van der Waals surface area contributed by atoms with Crippen molar-refractivity contribution >= 4 is 21.8 Å². The van der Waals surface area contributed by atoms with Gasteiger partial charge in [0.05, 0.1) is 11.7 Å². The first-order valence-corrected chi connectivity index (χ1v) is 7.16. The number of ether oxygens (including phenoxy) is 1. The van der Waals surface area contributed by atoms with Crippen molar-refractivity contribution in [3.05, 3.63) is 28.2 Å². The smallest absolute Gasteiger partial charge is 0.131 e. The molecular formula is C14H19BrN2O. The van der Waals surface area contributed by atoms with Gasteiger partial charge in [-0.3, -0.25) is 5.41 Å². The van der Waals surface area contributed by atoms with Crippen LogP contribution in [0.25, 0.3) is 0 Å². The fourth-order valence-corrected chi connectivity index (χ4v) is 2.68. The number of nitrogens with two attached hydrogens (primary N) is 1. The lowest BCUT2D eigenvalue weighted by atomic mass is 9.89. The number of rotatable bonds is 3. The van der Waals surface area contributed by atoms with E-state index in [4.69, 9.17) is 15.9 Å². The van der Waals surface area contributed by atoms with Crippen molar-refractivity contribution < 1.29 is 4.74 Å². The van der Waals surface area contributed by atoms with E-state index < -0.39 is 0 Å². The summed E-state index contributed by atoms with van der Waals surface area (Å²) in [6, 6.07) is 5.61. The molecule has 1 saturated carbocycles. The van der Waals surface area contributed by atoms with Gasteiger partial charge >= 0.3 is 0 Å². The fourth-order valence-electron chi connectivity index (χ4n) is 2.34. The third-order valence-electron chi connectivity index (χ3n) is 3.49. The Hall–Kier alpha value is -1.03. The Morgan fingerprint density at radius 3 is 2.61 bits per heavy atom. The molecule has 4 heteroatoms. The van der Waals surface area contributed by atoms with Gasteiger partial charge in [0.25, 0.3) is 0 Å². The number of nitrogens with one attached hydrogen (secondary N) is 1. The normalized spacial score (nSPS) is 23.7. The Labute approximate surface area is 116 Å². The van der Waals surface area contributed by atoms with Crippen LogP contribution in [0.5, 0.6) is 5.75 Å². The van der Waals surface area contributed by atoms with Crippen LogP contribution in [-0.2, 0) is 0 Å². The zero-order valence-electron chi connectivity index (χ0n) is 10.6. The van der Waals surface area contributed by atoms with E-state index in [0.29, 0.717) is 5.56 Å². The Morgan fingerprint density at radius 1 is 1.33 bits per heavy atom. The Kier molecular flexibility index (Phi) is 4.27. The molecule has 1 aliphatic rings. The van der Waals surface area contributed by atoms with Gasteiger partial charge in [-0.2, -0.15) is 0 Å². The van der Waals surface area contributed by atoms with Crippen LogP contribution in [0, 0.1) is 11.3 Å². The summed E-state index contributed by atoms with van der Waals surface area (Å²) >= 11 is 3.43. The van der Waals surface area contributed by atoms with Crippen molar-refractivity contribution in [2.45, 2.75) is 38.7 Å². The Morgan fingerprint density at radius 2 is 2.00 bits per heavy atom. The first-order valence-electron chi connectivity index (χ1n) is 6.37. The molecule has 3 N–H and O–H groups in total. The average molecular weight is 311 g/mol. The van der Waals surface area contributed by atoms with E-state index >= 15 is 0 Å². The van der Waals surface area contributed by atoms with E-state index in [1.165, 1.54) is 12.8 Å². The molecule has 1 fully saturated rings. The highest BCUT2D eigenvalue weighted by atomic mass is 79.9. The lowest BCUT2D eigenvalue weighted by Crippen LogP contribution is -2.24. The number of halogens is 1. The van der Waals surface area contributed by atoms with Crippen LogP contribution in [0.3, 0.4) is 0 Å². The maximum absolute atomic E-state index is 7.58. The topological polar surface area (TPSA) is 59.1 Å². The molecular weight excluding hydrogens is 292 g/mol. The van der Waals surface area contributed by atoms with Gasteiger partial charge in [-0.25, -0.2) is 0 Å². The molecule has 0 amide bonds. The first kappa shape index (κ1) is 13.4. The fraction of sp³-hybridized carbons (Fsp3) is 0.500. The lowest BCUT2D eigenvalue weighted by Gasteiger charge is -2.27. The molecule has 18 heavy (non-hydrogen) atoms. The zero-order valence-corrected chi connectivity index (χ0v) is 12.2. The molecule has 0 aromatic heterocycles. The van der Waals surface area contributed by atoms with Crippen molar-refractivity contribution in [3.8, 4) is 5.75 Å². The maximum Gasteiger partial charge on any atom is 0.131 e. The van der Waals surface area contributed by atoms with Crippen molar-refractivity contribution in [1.82, 2.24) is 0 Å². The van der Waals surface area contributed by atoms with Crippen molar-refractivity contribution in [1.29, 1.82) is 5.41 Å². The van der Waals surface area contributed by atoms with Crippen LogP contribution in [0.4, 0.5) is 0 Å². The average Bonchev–Trinajstić information content (AvgIpc) is 2.32. The van der Waals surface area contributed by atoms with Crippen LogP contribution in [-0.4, -0.2) is 11.9 Å². The number of benzene rings is 1. The largest absolute Gasteiger partial charge is 0.490 e. The summed E-state index contributed by atoms with van der Waals surface area (Å²) < 4.78 is 6.98. The van der Waals surface area contributed by atoms with Gasteiger partial charge in [0, 0.05) is 4.47 Å². The molecule has 0 spiro atoms. The summed E-state index contributed by atoms with van der Waals surface area (Å²) in [4.78, 5) is 0.